The third-order valence-electron chi connectivity index (χ3n) is 2.99. The third-order valence-corrected chi connectivity index (χ3v) is 5.83. The third kappa shape index (κ3) is 4.06. The highest BCUT2D eigenvalue weighted by Gasteiger charge is 2.18. The van der Waals surface area contributed by atoms with Crippen LogP contribution in [0.25, 0.3) is 0 Å². The molecule has 1 aromatic rings. The summed E-state index contributed by atoms with van der Waals surface area (Å²) in [6.07, 6.45) is 0. The Kier molecular flexibility index (Phi) is 6.04. The van der Waals surface area contributed by atoms with E-state index in [2.05, 4.69) is 10.6 Å². The van der Waals surface area contributed by atoms with Crippen molar-refractivity contribution in [3.8, 4) is 0 Å². The predicted octanol–water partition coefficient (Wildman–Crippen LogP) is 2.84. The van der Waals surface area contributed by atoms with Gasteiger partial charge in [-0.3, -0.25) is 4.79 Å². The van der Waals surface area contributed by atoms with Crippen molar-refractivity contribution in [3.63, 3.8) is 0 Å². The molecule has 1 heterocycles. The van der Waals surface area contributed by atoms with Crippen LogP contribution in [0.5, 0.6) is 0 Å². The van der Waals surface area contributed by atoms with Gasteiger partial charge in [0.2, 0.25) is 0 Å². The first-order valence-corrected chi connectivity index (χ1v) is 8.92. The number of nitrogens with one attached hydrogen (secondary N) is 2. The van der Waals surface area contributed by atoms with Gasteiger partial charge in [-0.05, 0) is 19.1 Å². The van der Waals surface area contributed by atoms with Crippen LogP contribution in [0.1, 0.15) is 17.3 Å². The Hall–Kier alpha value is -0.880. The van der Waals surface area contributed by atoms with Crippen molar-refractivity contribution in [3.05, 3.63) is 29.6 Å². The highest BCUT2D eigenvalue weighted by molar-refractivity contribution is 8.06. The lowest BCUT2D eigenvalue weighted by Crippen LogP contribution is -2.33. The monoisotopic (exact) mass is 314 g/mol. The maximum Gasteiger partial charge on any atom is 0.253 e. The molecule has 1 fully saturated rings. The summed E-state index contributed by atoms with van der Waals surface area (Å²) in [6.45, 7) is 3.10. The Morgan fingerprint density at radius 1 is 1.45 bits per heavy atom. The van der Waals surface area contributed by atoms with E-state index >= 15 is 0 Å². The van der Waals surface area contributed by atoms with Crippen LogP contribution < -0.4 is 10.6 Å². The van der Waals surface area contributed by atoms with Gasteiger partial charge in [0.25, 0.3) is 5.91 Å². The first-order valence-electron chi connectivity index (χ1n) is 6.72. The summed E-state index contributed by atoms with van der Waals surface area (Å²) in [6, 6.07) is 4.58. The van der Waals surface area contributed by atoms with Crippen LogP contribution in [0.15, 0.2) is 18.2 Å². The Morgan fingerprint density at radius 2 is 2.30 bits per heavy atom. The molecule has 0 radical (unpaired) electrons. The average Bonchev–Trinajstić information content (AvgIpc) is 2.48. The highest BCUT2D eigenvalue weighted by atomic mass is 32.2. The fourth-order valence-electron chi connectivity index (χ4n) is 2.03. The summed E-state index contributed by atoms with van der Waals surface area (Å²) >= 11 is 3.81. The van der Waals surface area contributed by atoms with Gasteiger partial charge in [-0.25, -0.2) is 4.39 Å². The molecule has 110 valence electrons. The summed E-state index contributed by atoms with van der Waals surface area (Å²) in [5.41, 5.74) is 0.665. The zero-order chi connectivity index (χ0) is 14.4. The molecular weight excluding hydrogens is 295 g/mol. The van der Waals surface area contributed by atoms with Crippen LogP contribution in [0.4, 0.5) is 10.1 Å². The number of thioether (sulfide) groups is 2. The number of carbonyl (C=O) groups is 1. The topological polar surface area (TPSA) is 41.1 Å². The number of benzene rings is 1. The second-order valence-corrected chi connectivity index (χ2v) is 7.03. The van der Waals surface area contributed by atoms with Gasteiger partial charge in [0.15, 0.2) is 0 Å². The Morgan fingerprint density at radius 3 is 3.00 bits per heavy atom. The maximum atomic E-state index is 13.7. The SMILES string of the molecule is CCNc1c(F)cccc1C(=O)NCC1CSCCS1. The summed E-state index contributed by atoms with van der Waals surface area (Å²) in [7, 11) is 0. The van der Waals surface area contributed by atoms with Gasteiger partial charge in [-0.1, -0.05) is 6.07 Å². The molecule has 1 aromatic carbocycles. The van der Waals surface area contributed by atoms with E-state index in [1.54, 1.807) is 12.1 Å². The fraction of sp³-hybridized carbons (Fsp3) is 0.500. The fourth-order valence-corrected chi connectivity index (χ4v) is 4.64. The molecule has 1 aliphatic rings. The van der Waals surface area contributed by atoms with E-state index < -0.39 is 0 Å². The molecule has 0 aliphatic carbocycles. The Labute approximate surface area is 127 Å². The summed E-state index contributed by atoms with van der Waals surface area (Å²) in [5, 5.41) is 6.29. The van der Waals surface area contributed by atoms with Gasteiger partial charge in [0, 0.05) is 35.6 Å². The molecule has 1 unspecified atom stereocenters. The molecule has 0 spiro atoms. The first-order chi connectivity index (χ1) is 9.72. The lowest BCUT2D eigenvalue weighted by Gasteiger charge is -2.21. The molecule has 1 aliphatic heterocycles. The van der Waals surface area contributed by atoms with Crippen molar-refractivity contribution >= 4 is 35.1 Å². The van der Waals surface area contributed by atoms with Gasteiger partial charge in [-0.2, -0.15) is 23.5 Å². The van der Waals surface area contributed by atoms with Crippen molar-refractivity contribution in [2.45, 2.75) is 12.2 Å². The number of carbonyl (C=O) groups excluding carboxylic acids is 1. The minimum Gasteiger partial charge on any atom is -0.382 e. The van der Waals surface area contributed by atoms with Gasteiger partial charge >= 0.3 is 0 Å². The van der Waals surface area contributed by atoms with Crippen LogP contribution in [-0.2, 0) is 0 Å². The molecule has 0 aromatic heterocycles. The van der Waals surface area contributed by atoms with E-state index in [0.717, 1.165) is 11.5 Å². The number of para-hydroxylation sites is 1. The maximum absolute atomic E-state index is 13.7. The number of halogens is 1. The van der Waals surface area contributed by atoms with Crippen molar-refractivity contribution in [2.75, 3.05) is 35.7 Å². The van der Waals surface area contributed by atoms with Crippen LogP contribution in [0.2, 0.25) is 0 Å². The zero-order valence-electron chi connectivity index (χ0n) is 11.4. The summed E-state index contributed by atoms with van der Waals surface area (Å²) in [4.78, 5) is 12.2. The normalized spacial score (nSPS) is 18.6. The molecule has 0 bridgehead atoms. The minimum atomic E-state index is -0.387. The van der Waals surface area contributed by atoms with Gasteiger partial charge in [-0.15, -0.1) is 0 Å². The number of anilines is 1. The Bertz CT molecular complexity index is 464. The van der Waals surface area contributed by atoms with E-state index in [0.29, 0.717) is 23.9 Å². The molecule has 1 saturated heterocycles. The van der Waals surface area contributed by atoms with E-state index in [1.165, 1.54) is 11.8 Å². The summed E-state index contributed by atoms with van der Waals surface area (Å²) < 4.78 is 13.7. The van der Waals surface area contributed by atoms with Gasteiger partial charge in [0.05, 0.1) is 11.3 Å². The molecule has 2 N–H and O–H groups in total. The number of hydrogen-bond acceptors (Lipinski definition) is 4. The number of amides is 1. The van der Waals surface area contributed by atoms with Crippen molar-refractivity contribution in [1.82, 2.24) is 5.32 Å². The van der Waals surface area contributed by atoms with Gasteiger partial charge in [0.1, 0.15) is 5.82 Å². The van der Waals surface area contributed by atoms with Crippen LogP contribution in [0, 0.1) is 5.82 Å². The second kappa shape index (κ2) is 7.78. The number of rotatable bonds is 5. The van der Waals surface area contributed by atoms with Gasteiger partial charge < -0.3 is 10.6 Å². The standard InChI is InChI=1S/C14H19FN2OS2/c1-2-16-13-11(4-3-5-12(13)15)14(18)17-8-10-9-19-6-7-20-10/h3-5,10,16H,2,6-9H2,1H3,(H,17,18). The van der Waals surface area contributed by atoms with E-state index in [9.17, 15) is 9.18 Å². The lowest BCUT2D eigenvalue weighted by atomic mass is 10.1. The largest absolute Gasteiger partial charge is 0.382 e. The molecule has 1 amide bonds. The number of hydrogen-bond donors (Lipinski definition) is 2. The molecule has 2 rings (SSSR count). The summed E-state index contributed by atoms with van der Waals surface area (Å²) in [5.74, 6) is 2.78. The average molecular weight is 314 g/mol. The minimum absolute atomic E-state index is 0.211. The molecule has 1 atom stereocenters. The lowest BCUT2D eigenvalue weighted by molar-refractivity contribution is 0.0954. The molecular formula is C14H19FN2OS2. The second-order valence-electron chi connectivity index (χ2n) is 4.47. The van der Waals surface area contributed by atoms with Crippen LogP contribution in [-0.4, -0.2) is 41.5 Å². The molecule has 3 nitrogen and oxygen atoms in total. The predicted molar refractivity (Wildman–Crippen MR) is 86.5 cm³/mol. The van der Waals surface area contributed by atoms with Crippen molar-refractivity contribution < 1.29 is 9.18 Å². The molecule has 20 heavy (non-hydrogen) atoms. The van der Waals surface area contributed by atoms with Crippen LogP contribution >= 0.6 is 23.5 Å². The zero-order valence-corrected chi connectivity index (χ0v) is 13.1. The van der Waals surface area contributed by atoms with Crippen molar-refractivity contribution in [2.24, 2.45) is 0 Å². The smallest absolute Gasteiger partial charge is 0.253 e. The van der Waals surface area contributed by atoms with E-state index in [1.807, 2.05) is 30.4 Å². The molecule has 0 saturated carbocycles. The first kappa shape index (κ1) is 15.5. The van der Waals surface area contributed by atoms with E-state index in [-0.39, 0.29) is 17.4 Å². The van der Waals surface area contributed by atoms with Crippen molar-refractivity contribution in [1.29, 1.82) is 0 Å². The highest BCUT2D eigenvalue weighted by Crippen LogP contribution is 2.24. The molecule has 6 heteroatoms. The van der Waals surface area contributed by atoms with E-state index in [4.69, 9.17) is 0 Å². The van der Waals surface area contributed by atoms with Crippen LogP contribution in [0.3, 0.4) is 0 Å². The quantitative estimate of drug-likeness (QED) is 0.877. The Balaban J connectivity index is 1.99.